The molecule has 0 bridgehead atoms. The second-order valence-corrected chi connectivity index (χ2v) is 11.6. The molecule has 12 heteroatoms. The first-order chi connectivity index (χ1) is 24.9. The number of carbonyl (C=O) groups excluding carboxylic acids is 1. The fraction of sp³-hybridized carbons (Fsp3) is 0.0513. The monoisotopic (exact) mass is 675 g/mol. The Morgan fingerprint density at radius 3 is 1.90 bits per heavy atom. The third-order valence-electron chi connectivity index (χ3n) is 7.72. The van der Waals surface area contributed by atoms with Gasteiger partial charge in [0.1, 0.15) is 23.0 Å². The number of pyridine rings is 2. The molecular weight excluding hydrogens is 642 g/mol. The van der Waals surface area contributed by atoms with Gasteiger partial charge >= 0.3 is 0 Å². The van der Waals surface area contributed by atoms with Crippen LogP contribution in [0.5, 0.6) is 23.0 Å². The molecule has 0 atom stereocenters. The zero-order chi connectivity index (χ0) is 35.2. The summed E-state index contributed by atoms with van der Waals surface area (Å²) in [5, 5.41) is 12.3. The number of para-hydroxylation sites is 1. The Bertz CT molecular complexity index is 2450. The van der Waals surface area contributed by atoms with Crippen LogP contribution in [-0.2, 0) is 14.1 Å². The Morgan fingerprint density at radius 2 is 1.29 bits per heavy atom. The fourth-order valence-electron chi connectivity index (χ4n) is 5.33. The van der Waals surface area contributed by atoms with Crippen LogP contribution in [0.15, 0.2) is 140 Å². The average molecular weight is 676 g/mol. The molecule has 5 aromatic heterocycles. The molecule has 5 heterocycles. The number of fused-ring (bicyclic) bond motifs is 1. The van der Waals surface area contributed by atoms with Crippen LogP contribution in [0.4, 0.5) is 11.4 Å². The number of aryl methyl sites for hydroxylation is 2. The van der Waals surface area contributed by atoms with Crippen molar-refractivity contribution in [3.05, 3.63) is 146 Å². The number of carbonyl (C=O) groups is 1. The summed E-state index contributed by atoms with van der Waals surface area (Å²) in [6.07, 6.45) is 12.6. The Labute approximate surface area is 293 Å². The van der Waals surface area contributed by atoms with E-state index in [4.69, 9.17) is 15.2 Å². The summed E-state index contributed by atoms with van der Waals surface area (Å²) >= 11 is 0. The highest BCUT2D eigenvalue weighted by atomic mass is 16.5. The molecule has 0 fully saturated rings. The number of amides is 1. The van der Waals surface area contributed by atoms with Crippen molar-refractivity contribution >= 4 is 28.2 Å². The highest BCUT2D eigenvalue weighted by molar-refractivity contribution is 6.12. The van der Waals surface area contributed by atoms with Crippen molar-refractivity contribution in [1.82, 2.24) is 34.5 Å². The molecule has 0 saturated carbocycles. The van der Waals surface area contributed by atoms with Gasteiger partial charge in [-0.15, -0.1) is 0 Å². The van der Waals surface area contributed by atoms with Crippen LogP contribution in [-0.4, -0.2) is 40.4 Å². The van der Waals surface area contributed by atoms with E-state index >= 15 is 0 Å². The van der Waals surface area contributed by atoms with Crippen molar-refractivity contribution in [2.24, 2.45) is 14.1 Å². The van der Waals surface area contributed by atoms with Crippen molar-refractivity contribution in [1.29, 1.82) is 0 Å². The van der Waals surface area contributed by atoms with E-state index in [0.29, 0.717) is 39.9 Å². The molecule has 0 saturated heterocycles. The normalized spacial score (nSPS) is 10.7. The maximum absolute atomic E-state index is 12.8. The number of ether oxygens (including phenoxy) is 2. The van der Waals surface area contributed by atoms with Gasteiger partial charge in [0.2, 0.25) is 0 Å². The van der Waals surface area contributed by atoms with Crippen LogP contribution in [0.3, 0.4) is 0 Å². The number of anilines is 2. The summed E-state index contributed by atoms with van der Waals surface area (Å²) < 4.78 is 15.3. The van der Waals surface area contributed by atoms with Crippen molar-refractivity contribution in [2.75, 3.05) is 11.1 Å². The molecule has 0 radical (unpaired) electrons. The number of hydrogen-bond acceptors (Lipinski definition) is 8. The lowest BCUT2D eigenvalue weighted by Gasteiger charge is -2.10. The molecular formula is C39H33N9O3. The molecule has 1 amide bonds. The van der Waals surface area contributed by atoms with Gasteiger partial charge in [-0.1, -0.05) is 24.3 Å². The molecule has 0 unspecified atom stereocenters. The molecule has 51 heavy (non-hydrogen) atoms. The van der Waals surface area contributed by atoms with Crippen molar-refractivity contribution in [3.63, 3.8) is 0 Å². The molecule has 0 spiro atoms. The lowest BCUT2D eigenvalue weighted by atomic mass is 10.1. The highest BCUT2D eigenvalue weighted by Gasteiger charge is 2.12. The maximum Gasteiger partial charge on any atom is 0.257 e. The number of nitrogens with zero attached hydrogens (tertiary/aromatic N) is 6. The van der Waals surface area contributed by atoms with Gasteiger partial charge in [-0.3, -0.25) is 24.1 Å². The van der Waals surface area contributed by atoms with E-state index in [1.165, 1.54) is 0 Å². The second kappa shape index (κ2) is 14.5. The van der Waals surface area contributed by atoms with Crippen molar-refractivity contribution in [3.8, 4) is 45.5 Å². The summed E-state index contributed by atoms with van der Waals surface area (Å²) in [7, 11) is 3.73. The first-order valence-corrected chi connectivity index (χ1v) is 16.0. The molecule has 12 nitrogen and oxygen atoms in total. The van der Waals surface area contributed by atoms with Gasteiger partial charge in [0.15, 0.2) is 0 Å². The molecule has 0 aliphatic heterocycles. The van der Waals surface area contributed by atoms with Gasteiger partial charge in [0.25, 0.3) is 5.91 Å². The minimum absolute atomic E-state index is 0.187. The van der Waals surface area contributed by atoms with E-state index in [-0.39, 0.29) is 5.91 Å². The Hall–Kier alpha value is -7.21. The predicted octanol–water partition coefficient (Wildman–Crippen LogP) is 7.86. The number of aromatic nitrogens is 7. The van der Waals surface area contributed by atoms with Gasteiger partial charge in [-0.2, -0.15) is 10.2 Å². The standard InChI is InChI=1S/C24H19N5O2.C15H14N4O/c1-29-15-17(14-27-29)22-13-20(9-11-25-22)31-19-6-3-5-18(12-19)28-24(30)21-7-2-4-16-8-10-26-23(16)21;1-19-10-11(9-18-19)15-8-14(5-6-17-15)20-13-4-2-3-12(16)7-13/h2-15,26H,1H3,(H,28,30);2-10H,16H2,1H3. The summed E-state index contributed by atoms with van der Waals surface area (Å²) in [5.41, 5.74) is 11.9. The van der Waals surface area contributed by atoms with Gasteiger partial charge < -0.3 is 25.5 Å². The zero-order valence-corrected chi connectivity index (χ0v) is 27.8. The Balaban J connectivity index is 0.000000175. The Kier molecular flexibility index (Phi) is 9.20. The first kappa shape index (κ1) is 32.3. The van der Waals surface area contributed by atoms with Crippen LogP contribution in [0.2, 0.25) is 0 Å². The molecule has 252 valence electrons. The Morgan fingerprint density at radius 1 is 0.706 bits per heavy atom. The van der Waals surface area contributed by atoms with E-state index in [9.17, 15) is 4.79 Å². The number of nitrogen functional groups attached to an aromatic ring is 1. The van der Waals surface area contributed by atoms with E-state index in [2.05, 4.69) is 30.5 Å². The van der Waals surface area contributed by atoms with Gasteiger partial charge in [-0.05, 0) is 48.5 Å². The predicted molar refractivity (Wildman–Crippen MR) is 197 cm³/mol. The number of nitrogens with one attached hydrogen (secondary N) is 2. The van der Waals surface area contributed by atoms with Crippen LogP contribution >= 0.6 is 0 Å². The van der Waals surface area contributed by atoms with Gasteiger partial charge in [0.05, 0.1) is 34.9 Å². The smallest absolute Gasteiger partial charge is 0.257 e. The van der Waals surface area contributed by atoms with E-state index < -0.39 is 0 Å². The zero-order valence-electron chi connectivity index (χ0n) is 27.8. The fourth-order valence-corrected chi connectivity index (χ4v) is 5.33. The number of H-pyrrole nitrogens is 1. The highest BCUT2D eigenvalue weighted by Crippen LogP contribution is 2.29. The van der Waals surface area contributed by atoms with Crippen LogP contribution in [0.1, 0.15) is 10.4 Å². The summed E-state index contributed by atoms with van der Waals surface area (Å²) in [4.78, 5) is 24.6. The topological polar surface area (TPSA) is 151 Å². The molecule has 8 aromatic rings. The van der Waals surface area contributed by atoms with Crippen LogP contribution in [0.25, 0.3) is 33.4 Å². The van der Waals surface area contributed by atoms with E-state index in [1.54, 1.807) is 58.4 Å². The molecule has 0 aliphatic rings. The molecule has 3 aromatic carbocycles. The number of hydrogen-bond donors (Lipinski definition) is 3. The summed E-state index contributed by atoms with van der Waals surface area (Å²) in [6.45, 7) is 0. The van der Waals surface area contributed by atoms with Gasteiger partial charge in [0, 0.05) is 97.2 Å². The van der Waals surface area contributed by atoms with Crippen LogP contribution < -0.4 is 20.5 Å². The number of rotatable bonds is 8. The lowest BCUT2D eigenvalue weighted by molar-refractivity contribution is 0.102. The minimum Gasteiger partial charge on any atom is -0.457 e. The number of benzene rings is 3. The third kappa shape index (κ3) is 7.92. The minimum atomic E-state index is -0.187. The quantitative estimate of drug-likeness (QED) is 0.138. The van der Waals surface area contributed by atoms with Gasteiger partial charge in [-0.25, -0.2) is 0 Å². The van der Waals surface area contributed by atoms with Crippen molar-refractivity contribution in [2.45, 2.75) is 0 Å². The first-order valence-electron chi connectivity index (χ1n) is 16.0. The average Bonchev–Trinajstić information content (AvgIpc) is 3.90. The largest absolute Gasteiger partial charge is 0.457 e. The SMILES string of the molecule is Cn1cc(-c2cc(Oc3cccc(N)c3)ccn2)cn1.Cn1cc(-c2cc(Oc3cccc(NC(=O)c4cccc5cc[nH]c45)c3)ccn2)cn1. The molecule has 8 rings (SSSR count). The molecule has 4 N–H and O–H groups in total. The number of aromatic amines is 1. The van der Waals surface area contributed by atoms with E-state index in [1.807, 2.05) is 105 Å². The lowest BCUT2D eigenvalue weighted by Crippen LogP contribution is -2.12. The summed E-state index contributed by atoms with van der Waals surface area (Å²) in [5.74, 6) is 2.48. The number of nitrogens with two attached hydrogens (primary N) is 1. The third-order valence-corrected chi connectivity index (χ3v) is 7.72. The van der Waals surface area contributed by atoms with E-state index in [0.717, 1.165) is 33.4 Å². The van der Waals surface area contributed by atoms with Crippen LogP contribution in [0, 0.1) is 0 Å². The van der Waals surface area contributed by atoms with Crippen molar-refractivity contribution < 1.29 is 14.3 Å². The molecule has 0 aliphatic carbocycles. The maximum atomic E-state index is 12.8. The summed E-state index contributed by atoms with van der Waals surface area (Å²) in [6, 6.07) is 29.5. The second-order valence-electron chi connectivity index (χ2n) is 11.6.